The average Bonchev–Trinajstić information content (AvgIpc) is 2.33. The van der Waals surface area contributed by atoms with Crippen LogP contribution in [0.3, 0.4) is 0 Å². The van der Waals surface area contributed by atoms with Crippen LogP contribution in [0.25, 0.3) is 0 Å². The number of hydrogen-bond acceptors (Lipinski definition) is 1. The van der Waals surface area contributed by atoms with E-state index in [1.165, 1.54) is 44.9 Å². The van der Waals surface area contributed by atoms with Gasteiger partial charge >= 0.3 is 0 Å². The van der Waals surface area contributed by atoms with E-state index in [2.05, 4.69) is 21.2 Å². The number of carbonyl (C=O) groups excluding carboxylic acids is 1. The van der Waals surface area contributed by atoms with E-state index >= 15 is 0 Å². The quantitative estimate of drug-likeness (QED) is 0.790. The molecule has 2 aliphatic rings. The largest absolute Gasteiger partial charge is 0.353 e. The molecule has 0 unspecified atom stereocenters. The second kappa shape index (κ2) is 6.77. The van der Waals surface area contributed by atoms with Gasteiger partial charge in [0.1, 0.15) is 0 Å². The number of nitrogens with one attached hydrogen (secondary N) is 1. The molecule has 0 bridgehead atoms. The van der Waals surface area contributed by atoms with Crippen molar-refractivity contribution in [2.45, 2.75) is 75.1 Å². The molecular formula is C14H24BrNO. The SMILES string of the molecule is O=C(CC1CCCCC1)NC1CCC(Br)CC1. The molecule has 0 radical (unpaired) electrons. The van der Waals surface area contributed by atoms with E-state index in [4.69, 9.17) is 0 Å². The molecule has 1 N–H and O–H groups in total. The molecule has 0 atom stereocenters. The van der Waals surface area contributed by atoms with Crippen molar-refractivity contribution in [1.82, 2.24) is 5.32 Å². The molecule has 2 saturated carbocycles. The number of alkyl halides is 1. The molecule has 0 aliphatic heterocycles. The third-order valence-electron chi connectivity index (χ3n) is 4.22. The third-order valence-corrected chi connectivity index (χ3v) is 5.14. The Labute approximate surface area is 113 Å². The van der Waals surface area contributed by atoms with Crippen LogP contribution in [0.2, 0.25) is 0 Å². The van der Waals surface area contributed by atoms with E-state index in [0.717, 1.165) is 19.3 Å². The Balaban J connectivity index is 1.66. The van der Waals surface area contributed by atoms with Crippen molar-refractivity contribution in [3.05, 3.63) is 0 Å². The molecule has 2 rings (SSSR count). The summed E-state index contributed by atoms with van der Waals surface area (Å²) in [4.78, 5) is 12.6. The molecule has 0 aromatic heterocycles. The Kier molecular flexibility index (Phi) is 5.33. The molecule has 0 saturated heterocycles. The topological polar surface area (TPSA) is 29.1 Å². The standard InChI is InChI=1S/C14H24BrNO/c15-12-6-8-13(9-7-12)16-14(17)10-11-4-2-1-3-5-11/h11-13H,1-10H2,(H,16,17). The normalized spacial score (nSPS) is 31.1. The van der Waals surface area contributed by atoms with Gasteiger partial charge in [-0.1, -0.05) is 35.2 Å². The number of carbonyl (C=O) groups is 1. The molecule has 2 aliphatic carbocycles. The molecular weight excluding hydrogens is 278 g/mol. The van der Waals surface area contributed by atoms with E-state index in [-0.39, 0.29) is 0 Å². The molecule has 2 fully saturated rings. The highest BCUT2D eigenvalue weighted by atomic mass is 79.9. The zero-order chi connectivity index (χ0) is 12.1. The maximum absolute atomic E-state index is 11.9. The van der Waals surface area contributed by atoms with Crippen molar-refractivity contribution >= 4 is 21.8 Å². The van der Waals surface area contributed by atoms with Crippen molar-refractivity contribution < 1.29 is 4.79 Å². The fourth-order valence-corrected chi connectivity index (χ4v) is 3.67. The van der Waals surface area contributed by atoms with Crippen LogP contribution in [0.1, 0.15) is 64.2 Å². The monoisotopic (exact) mass is 301 g/mol. The van der Waals surface area contributed by atoms with Crippen molar-refractivity contribution in [2.75, 3.05) is 0 Å². The lowest BCUT2D eigenvalue weighted by Crippen LogP contribution is -2.38. The summed E-state index contributed by atoms with van der Waals surface area (Å²) in [6.45, 7) is 0. The van der Waals surface area contributed by atoms with Gasteiger partial charge in [-0.25, -0.2) is 0 Å². The van der Waals surface area contributed by atoms with Gasteiger partial charge in [-0.3, -0.25) is 4.79 Å². The lowest BCUT2D eigenvalue weighted by atomic mass is 9.86. The van der Waals surface area contributed by atoms with E-state index in [9.17, 15) is 4.79 Å². The summed E-state index contributed by atoms with van der Waals surface area (Å²) < 4.78 is 0. The predicted molar refractivity (Wildman–Crippen MR) is 74.3 cm³/mol. The average molecular weight is 302 g/mol. The molecule has 1 amide bonds. The minimum Gasteiger partial charge on any atom is -0.353 e. The molecule has 0 heterocycles. The zero-order valence-electron chi connectivity index (χ0n) is 10.6. The molecule has 0 aromatic rings. The Morgan fingerprint density at radius 1 is 1.00 bits per heavy atom. The Morgan fingerprint density at radius 3 is 2.29 bits per heavy atom. The first kappa shape index (κ1) is 13.4. The number of rotatable bonds is 3. The van der Waals surface area contributed by atoms with Crippen molar-refractivity contribution in [1.29, 1.82) is 0 Å². The van der Waals surface area contributed by atoms with Gasteiger partial charge in [0.25, 0.3) is 0 Å². The fourth-order valence-electron chi connectivity index (χ4n) is 3.14. The van der Waals surface area contributed by atoms with Gasteiger partial charge in [-0.05, 0) is 44.4 Å². The first-order valence-corrected chi connectivity index (χ1v) is 8.09. The van der Waals surface area contributed by atoms with Gasteiger partial charge < -0.3 is 5.32 Å². The summed E-state index contributed by atoms with van der Waals surface area (Å²) in [5.41, 5.74) is 0. The second-order valence-electron chi connectivity index (χ2n) is 5.72. The minimum atomic E-state index is 0.301. The number of amides is 1. The van der Waals surface area contributed by atoms with Crippen molar-refractivity contribution in [3.63, 3.8) is 0 Å². The molecule has 0 spiro atoms. The second-order valence-corrected chi connectivity index (χ2v) is 7.02. The highest BCUT2D eigenvalue weighted by Crippen LogP contribution is 2.27. The number of halogens is 1. The Bertz CT molecular complexity index is 243. The van der Waals surface area contributed by atoms with Crippen LogP contribution in [-0.2, 0) is 4.79 Å². The van der Waals surface area contributed by atoms with Crippen LogP contribution in [-0.4, -0.2) is 16.8 Å². The maximum Gasteiger partial charge on any atom is 0.220 e. The summed E-state index contributed by atoms with van der Waals surface area (Å²) in [7, 11) is 0. The molecule has 98 valence electrons. The first-order valence-electron chi connectivity index (χ1n) is 7.17. The van der Waals surface area contributed by atoms with Crippen LogP contribution >= 0.6 is 15.9 Å². The number of hydrogen-bond donors (Lipinski definition) is 1. The maximum atomic E-state index is 11.9. The van der Waals surface area contributed by atoms with E-state index < -0.39 is 0 Å². The fraction of sp³-hybridized carbons (Fsp3) is 0.929. The van der Waals surface area contributed by atoms with E-state index in [1.807, 2.05) is 0 Å². The van der Waals surface area contributed by atoms with Gasteiger partial charge in [0.15, 0.2) is 0 Å². The van der Waals surface area contributed by atoms with Gasteiger partial charge in [0.05, 0.1) is 0 Å². The minimum absolute atomic E-state index is 0.301. The summed E-state index contributed by atoms with van der Waals surface area (Å²) >= 11 is 3.65. The first-order chi connectivity index (χ1) is 8.24. The van der Waals surface area contributed by atoms with E-state index in [0.29, 0.717) is 22.7 Å². The molecule has 3 heteroatoms. The van der Waals surface area contributed by atoms with Crippen LogP contribution in [0, 0.1) is 5.92 Å². The molecule has 2 nitrogen and oxygen atoms in total. The van der Waals surface area contributed by atoms with Crippen LogP contribution in [0.4, 0.5) is 0 Å². The van der Waals surface area contributed by atoms with Crippen molar-refractivity contribution in [3.8, 4) is 0 Å². The highest BCUT2D eigenvalue weighted by Gasteiger charge is 2.22. The van der Waals surface area contributed by atoms with E-state index in [1.54, 1.807) is 0 Å². The van der Waals surface area contributed by atoms with Crippen LogP contribution in [0.5, 0.6) is 0 Å². The zero-order valence-corrected chi connectivity index (χ0v) is 12.2. The lowest BCUT2D eigenvalue weighted by molar-refractivity contribution is -0.123. The summed E-state index contributed by atoms with van der Waals surface area (Å²) in [6.07, 6.45) is 12.0. The lowest BCUT2D eigenvalue weighted by Gasteiger charge is -2.27. The van der Waals surface area contributed by atoms with Gasteiger partial charge in [0, 0.05) is 17.3 Å². The van der Waals surface area contributed by atoms with Crippen molar-refractivity contribution in [2.24, 2.45) is 5.92 Å². The van der Waals surface area contributed by atoms with Gasteiger partial charge in [-0.15, -0.1) is 0 Å². The molecule has 17 heavy (non-hydrogen) atoms. The van der Waals surface area contributed by atoms with Crippen LogP contribution in [0.15, 0.2) is 0 Å². The van der Waals surface area contributed by atoms with Gasteiger partial charge in [0.2, 0.25) is 5.91 Å². The Hall–Kier alpha value is -0.0500. The molecule has 0 aromatic carbocycles. The highest BCUT2D eigenvalue weighted by molar-refractivity contribution is 9.09. The predicted octanol–water partition coefficient (Wildman–Crippen LogP) is 3.78. The van der Waals surface area contributed by atoms with Gasteiger partial charge in [-0.2, -0.15) is 0 Å². The smallest absolute Gasteiger partial charge is 0.220 e. The summed E-state index contributed by atoms with van der Waals surface area (Å²) in [5.74, 6) is 0.964. The summed E-state index contributed by atoms with van der Waals surface area (Å²) in [5, 5.41) is 3.23. The third kappa shape index (κ3) is 4.61. The van der Waals surface area contributed by atoms with Crippen LogP contribution < -0.4 is 5.32 Å². The summed E-state index contributed by atoms with van der Waals surface area (Å²) in [6, 6.07) is 0.444. The Morgan fingerprint density at radius 2 is 1.65 bits per heavy atom.